The van der Waals surface area contributed by atoms with Crippen molar-refractivity contribution in [3.05, 3.63) is 88.6 Å². The fourth-order valence-corrected chi connectivity index (χ4v) is 8.22. The third-order valence-electron chi connectivity index (χ3n) is 10.8. The first-order valence-corrected chi connectivity index (χ1v) is 18.8. The molecule has 2 fully saturated rings. The van der Waals surface area contributed by atoms with Crippen LogP contribution in [0.4, 0.5) is 11.5 Å². The molecular weight excluding hydrogens is 706 g/mol. The number of phenolic OH excluding ortho intramolecular Hbond substituents is 2. The molecule has 0 saturated carbocycles. The molecule has 3 aromatic carbocycles. The predicted octanol–water partition coefficient (Wildman–Crippen LogP) is 6.04. The average molecular weight is 750 g/mol. The number of carbonyl (C=O) groups is 2. The summed E-state index contributed by atoms with van der Waals surface area (Å²) >= 11 is 6.74. The summed E-state index contributed by atoms with van der Waals surface area (Å²) < 4.78 is 6.35. The number of phenols is 2. The van der Waals surface area contributed by atoms with Crippen molar-refractivity contribution in [3.8, 4) is 23.6 Å². The monoisotopic (exact) mass is 749 g/mol. The van der Waals surface area contributed by atoms with E-state index in [1.807, 2.05) is 32.0 Å². The Labute approximate surface area is 319 Å². The van der Waals surface area contributed by atoms with Crippen LogP contribution in [0.1, 0.15) is 59.8 Å². The molecule has 0 spiro atoms. The third-order valence-corrected chi connectivity index (χ3v) is 11.1. The molecule has 3 aliphatic rings. The average Bonchev–Trinajstić information content (AvgIpc) is 3.65. The molecule has 2 N–H and O–H groups in total. The zero-order valence-corrected chi connectivity index (χ0v) is 31.3. The number of anilines is 2. The van der Waals surface area contributed by atoms with Gasteiger partial charge < -0.3 is 34.5 Å². The minimum Gasteiger partial charge on any atom is -0.508 e. The Kier molecular flexibility index (Phi) is 10.5. The molecule has 2 atom stereocenters. The summed E-state index contributed by atoms with van der Waals surface area (Å²) in [7, 11) is 0. The van der Waals surface area contributed by atoms with E-state index in [1.165, 1.54) is 12.1 Å². The number of piperazine rings is 1. The SMILES string of the molecule is C=CC(=O)N1CCN(c2nc(OC[C@@H]3CCN(C(=O)c4cc(C(C)C)c(O)cc4O)C3)nc3c2CCN(c2cccc4cccc(Cl)c24)C3)C[C@@H]1CC#N. The van der Waals surface area contributed by atoms with Crippen molar-refractivity contribution in [1.82, 2.24) is 19.8 Å². The molecule has 3 aliphatic heterocycles. The Hall–Kier alpha value is -5.54. The van der Waals surface area contributed by atoms with Crippen LogP contribution in [0.2, 0.25) is 5.02 Å². The van der Waals surface area contributed by atoms with Gasteiger partial charge in [-0.1, -0.05) is 56.3 Å². The highest BCUT2D eigenvalue weighted by atomic mass is 35.5. The summed E-state index contributed by atoms with van der Waals surface area (Å²) in [6.07, 6.45) is 2.84. The second kappa shape index (κ2) is 15.4. The van der Waals surface area contributed by atoms with Crippen molar-refractivity contribution < 1.29 is 24.5 Å². The Balaban J connectivity index is 1.14. The van der Waals surface area contributed by atoms with Gasteiger partial charge in [0.05, 0.1) is 48.0 Å². The first-order chi connectivity index (χ1) is 26.1. The van der Waals surface area contributed by atoms with E-state index >= 15 is 0 Å². The first-order valence-electron chi connectivity index (χ1n) is 18.4. The molecule has 0 unspecified atom stereocenters. The number of benzene rings is 3. The molecule has 1 aromatic heterocycles. The summed E-state index contributed by atoms with van der Waals surface area (Å²) in [5.41, 5.74) is 3.63. The quantitative estimate of drug-likeness (QED) is 0.194. The number of aromatic hydroxyl groups is 2. The lowest BCUT2D eigenvalue weighted by Gasteiger charge is -2.42. The van der Waals surface area contributed by atoms with Crippen molar-refractivity contribution >= 4 is 45.7 Å². The van der Waals surface area contributed by atoms with Crippen molar-refractivity contribution in [1.29, 1.82) is 5.26 Å². The van der Waals surface area contributed by atoms with Crippen LogP contribution >= 0.6 is 11.6 Å². The number of nitrogens with zero attached hydrogens (tertiary/aromatic N) is 7. The number of aromatic nitrogens is 2. The maximum Gasteiger partial charge on any atom is 0.318 e. The maximum absolute atomic E-state index is 13.5. The predicted molar refractivity (Wildman–Crippen MR) is 207 cm³/mol. The van der Waals surface area contributed by atoms with Crippen molar-refractivity contribution in [2.24, 2.45) is 5.92 Å². The summed E-state index contributed by atoms with van der Waals surface area (Å²) in [4.78, 5) is 43.9. The number of hydrogen-bond acceptors (Lipinski definition) is 10. The fourth-order valence-electron chi connectivity index (χ4n) is 7.94. The number of halogens is 1. The molecule has 280 valence electrons. The number of likely N-dealkylation sites (tertiary alicyclic amines) is 1. The van der Waals surface area contributed by atoms with Gasteiger partial charge in [-0.15, -0.1) is 0 Å². The lowest BCUT2D eigenvalue weighted by atomic mass is 9.98. The normalized spacial score (nSPS) is 18.5. The van der Waals surface area contributed by atoms with Gasteiger partial charge in [0.25, 0.3) is 5.91 Å². The number of amides is 2. The van der Waals surface area contributed by atoms with E-state index in [2.05, 4.69) is 40.6 Å². The lowest BCUT2D eigenvalue weighted by Crippen LogP contribution is -2.55. The minimum atomic E-state index is -0.325. The molecule has 0 aliphatic carbocycles. The number of nitriles is 1. The molecule has 2 amide bonds. The van der Waals surface area contributed by atoms with Crippen molar-refractivity contribution in [2.45, 2.75) is 51.6 Å². The van der Waals surface area contributed by atoms with E-state index in [0.717, 1.165) is 33.5 Å². The lowest BCUT2D eigenvalue weighted by molar-refractivity contribution is -0.128. The van der Waals surface area contributed by atoms with Crippen LogP contribution in [0.15, 0.2) is 61.2 Å². The van der Waals surface area contributed by atoms with Crippen LogP contribution in [0.5, 0.6) is 17.5 Å². The first kappa shape index (κ1) is 36.8. The van der Waals surface area contributed by atoms with Crippen LogP contribution in [0.3, 0.4) is 0 Å². The molecule has 4 heterocycles. The third kappa shape index (κ3) is 7.20. The number of ether oxygens (including phenoxy) is 1. The summed E-state index contributed by atoms with van der Waals surface area (Å²) in [6, 6.07) is 17.0. The highest BCUT2D eigenvalue weighted by molar-refractivity contribution is 6.36. The highest BCUT2D eigenvalue weighted by Crippen LogP contribution is 2.38. The molecule has 12 nitrogen and oxygen atoms in total. The largest absolute Gasteiger partial charge is 0.508 e. The van der Waals surface area contributed by atoms with E-state index < -0.39 is 0 Å². The smallest absolute Gasteiger partial charge is 0.318 e. The van der Waals surface area contributed by atoms with E-state index in [0.29, 0.717) is 69.2 Å². The maximum atomic E-state index is 13.5. The summed E-state index contributed by atoms with van der Waals surface area (Å²) in [6.45, 7) is 11.3. The minimum absolute atomic E-state index is 0.00338. The highest BCUT2D eigenvalue weighted by Gasteiger charge is 2.34. The Morgan fingerprint density at radius 3 is 2.61 bits per heavy atom. The second-order valence-corrected chi connectivity index (χ2v) is 14.9. The van der Waals surface area contributed by atoms with Gasteiger partial charge >= 0.3 is 6.01 Å². The number of hydrogen-bond donors (Lipinski definition) is 2. The zero-order valence-electron chi connectivity index (χ0n) is 30.5. The van der Waals surface area contributed by atoms with Gasteiger partial charge in [0.1, 0.15) is 17.3 Å². The Bertz CT molecular complexity index is 2150. The summed E-state index contributed by atoms with van der Waals surface area (Å²) in [5.74, 6) is -0.0473. The van der Waals surface area contributed by atoms with E-state index in [4.69, 9.17) is 26.3 Å². The zero-order chi connectivity index (χ0) is 38.1. The number of carbonyl (C=O) groups excluding carboxylic acids is 2. The van der Waals surface area contributed by atoms with Crippen LogP contribution < -0.4 is 14.5 Å². The van der Waals surface area contributed by atoms with Gasteiger partial charge in [0.15, 0.2) is 0 Å². The van der Waals surface area contributed by atoms with E-state index in [9.17, 15) is 25.1 Å². The van der Waals surface area contributed by atoms with Gasteiger partial charge in [0, 0.05) is 67.9 Å². The van der Waals surface area contributed by atoms with Gasteiger partial charge in [-0.3, -0.25) is 9.59 Å². The number of fused-ring (bicyclic) bond motifs is 2. The van der Waals surface area contributed by atoms with Crippen LogP contribution in [0.25, 0.3) is 10.8 Å². The van der Waals surface area contributed by atoms with Crippen molar-refractivity contribution in [2.75, 3.05) is 55.7 Å². The molecule has 0 bridgehead atoms. The van der Waals surface area contributed by atoms with Gasteiger partial charge in [-0.05, 0) is 54.0 Å². The topological polar surface area (TPSA) is 146 Å². The molecular formula is C41H44ClN7O5. The fraction of sp³-hybridized carbons (Fsp3) is 0.390. The number of rotatable bonds is 9. The Morgan fingerprint density at radius 2 is 1.85 bits per heavy atom. The van der Waals surface area contributed by atoms with Crippen LogP contribution in [-0.2, 0) is 17.8 Å². The van der Waals surface area contributed by atoms with Gasteiger partial charge in [-0.25, -0.2) is 0 Å². The van der Waals surface area contributed by atoms with Crippen molar-refractivity contribution in [3.63, 3.8) is 0 Å². The van der Waals surface area contributed by atoms with E-state index in [1.54, 1.807) is 15.9 Å². The van der Waals surface area contributed by atoms with Gasteiger partial charge in [0.2, 0.25) is 5.91 Å². The molecule has 2 saturated heterocycles. The molecule has 0 radical (unpaired) electrons. The van der Waals surface area contributed by atoms with Crippen LogP contribution in [0, 0.1) is 17.2 Å². The summed E-state index contributed by atoms with van der Waals surface area (Å²) in [5, 5.41) is 33.2. The Morgan fingerprint density at radius 1 is 1.06 bits per heavy atom. The van der Waals surface area contributed by atoms with Crippen LogP contribution in [-0.4, -0.2) is 93.7 Å². The second-order valence-electron chi connectivity index (χ2n) is 14.5. The van der Waals surface area contributed by atoms with E-state index in [-0.39, 0.29) is 65.8 Å². The molecule has 13 heteroatoms. The standard InChI is InChI=1S/C41H44ClN7O5/c1-4-37(52)49-18-17-47(22-28(49)11-14-43)39-29-13-16-46(34-10-6-8-27-7-5-9-32(42)38(27)34)23-33(29)44-41(45-39)54-24-26-12-15-48(21-26)40(53)31-19-30(25(2)3)35(50)20-36(31)51/h4-10,19-20,25-26,28,50-51H,1,11-13,15-18,21-24H2,2-3H3/t26-,28+/m1/s1. The molecule has 4 aromatic rings. The molecule has 54 heavy (non-hydrogen) atoms. The molecule has 7 rings (SSSR count). The van der Waals surface area contributed by atoms with Gasteiger partial charge in [-0.2, -0.15) is 15.2 Å².